The van der Waals surface area contributed by atoms with Crippen LogP contribution in [0, 0.1) is 0 Å². The lowest BCUT2D eigenvalue weighted by Crippen LogP contribution is -2.51. The van der Waals surface area contributed by atoms with Crippen molar-refractivity contribution in [3.05, 3.63) is 77.5 Å². The quantitative estimate of drug-likeness (QED) is 0.502. The number of H-pyrrole nitrogens is 1. The normalized spacial score (nSPS) is 17.8. The Morgan fingerprint density at radius 3 is 2.71 bits per heavy atom. The first-order valence-corrected chi connectivity index (χ1v) is 10.7. The number of nitrogens with zero attached hydrogens (tertiary/aromatic N) is 5. The highest BCUT2D eigenvalue weighted by Crippen LogP contribution is 2.29. The highest BCUT2D eigenvalue weighted by molar-refractivity contribution is 6.15. The molecule has 10 heteroatoms. The van der Waals surface area contributed by atoms with Crippen LogP contribution in [0.2, 0.25) is 0 Å². The number of nitrogens with one attached hydrogen (secondary N) is 1. The van der Waals surface area contributed by atoms with Gasteiger partial charge in [-0.05, 0) is 29.8 Å². The maximum Gasteiger partial charge on any atom is 0.259 e. The van der Waals surface area contributed by atoms with Gasteiger partial charge in [0, 0.05) is 48.8 Å². The molecule has 0 radical (unpaired) electrons. The van der Waals surface area contributed by atoms with Crippen molar-refractivity contribution >= 4 is 28.5 Å². The molecule has 1 saturated heterocycles. The minimum absolute atomic E-state index is 0.00668. The number of carbonyl (C=O) groups excluding carboxylic acids is 2. The zero-order valence-electron chi connectivity index (χ0n) is 18.3. The molecule has 4 aromatic rings. The highest BCUT2D eigenvalue weighted by atomic mass is 19.1. The summed E-state index contributed by atoms with van der Waals surface area (Å²) in [5.41, 5.74) is 2.31. The molecule has 1 aromatic carbocycles. The van der Waals surface area contributed by atoms with E-state index in [-0.39, 0.29) is 24.2 Å². The van der Waals surface area contributed by atoms with Crippen molar-refractivity contribution in [2.45, 2.75) is 25.6 Å². The Kier molecular flexibility index (Phi) is 5.40. The number of imide groups is 1. The molecule has 5 rings (SSSR count). The third-order valence-electron chi connectivity index (χ3n) is 5.91. The number of benzene rings is 1. The number of hydrogen-bond donors (Lipinski definition) is 1. The monoisotopic (exact) mass is 460 g/mol. The number of hydrogen-bond acceptors (Lipinski definition) is 6. The van der Waals surface area contributed by atoms with E-state index in [1.165, 1.54) is 25.3 Å². The van der Waals surface area contributed by atoms with E-state index in [9.17, 15) is 18.8 Å². The molecule has 0 aliphatic carbocycles. The average Bonchev–Trinajstić information content (AvgIpc) is 3.42. The Hall–Kier alpha value is -4.34. The van der Waals surface area contributed by atoms with Gasteiger partial charge in [-0.25, -0.2) is 9.29 Å². The Labute approximate surface area is 193 Å². The topological polar surface area (TPSA) is 104 Å². The molecule has 1 fully saturated rings. The molecule has 1 aliphatic heterocycles. The summed E-state index contributed by atoms with van der Waals surface area (Å²) in [4.78, 5) is 41.3. The number of anilines is 1. The van der Waals surface area contributed by atoms with Crippen LogP contribution in [0.25, 0.3) is 22.0 Å². The Morgan fingerprint density at radius 2 is 1.97 bits per heavy atom. The number of aromatic nitrogens is 4. The number of halogens is 1. The smallest absolute Gasteiger partial charge is 0.259 e. The van der Waals surface area contributed by atoms with Crippen molar-refractivity contribution in [3.8, 4) is 11.1 Å². The molecule has 3 aromatic heterocycles. The van der Waals surface area contributed by atoms with Crippen molar-refractivity contribution in [2.24, 2.45) is 0 Å². The molecule has 4 heterocycles. The van der Waals surface area contributed by atoms with E-state index in [2.05, 4.69) is 15.2 Å². The SMILES string of the molecule is CC(=O)N(C(=O)C1CC(F)CN1n1ccc2cc(-c3ccnnc3)ccc21)c1cc(=O)cc[nH]1. The van der Waals surface area contributed by atoms with E-state index >= 15 is 0 Å². The van der Waals surface area contributed by atoms with Gasteiger partial charge in [0.1, 0.15) is 18.0 Å². The van der Waals surface area contributed by atoms with E-state index in [0.717, 1.165) is 26.9 Å². The van der Waals surface area contributed by atoms with Crippen molar-refractivity contribution in [3.63, 3.8) is 0 Å². The van der Waals surface area contributed by atoms with Crippen LogP contribution in [0.1, 0.15) is 13.3 Å². The summed E-state index contributed by atoms with van der Waals surface area (Å²) in [5.74, 6) is -1.11. The van der Waals surface area contributed by atoms with Crippen LogP contribution in [-0.4, -0.2) is 50.4 Å². The first kappa shape index (κ1) is 21.5. The first-order chi connectivity index (χ1) is 16.4. The standard InChI is InChI=1S/C24H21FN6O3/c1-15(32)31(23-12-20(33)5-7-26-23)24(34)22-11-19(25)14-30(22)29-9-6-17-10-16(2-3-21(17)29)18-4-8-27-28-13-18/h2-10,12-13,19,22H,11,14H2,1H3,(H,26,33). The second-order valence-corrected chi connectivity index (χ2v) is 8.14. The molecule has 0 spiro atoms. The molecule has 2 amide bonds. The number of fused-ring (bicyclic) bond motifs is 1. The van der Waals surface area contributed by atoms with Crippen molar-refractivity contribution in [2.75, 3.05) is 16.5 Å². The molecule has 2 unspecified atom stereocenters. The minimum Gasteiger partial charge on any atom is -0.347 e. The maximum atomic E-state index is 14.6. The van der Waals surface area contributed by atoms with E-state index in [4.69, 9.17) is 0 Å². The zero-order chi connectivity index (χ0) is 23.8. The number of aromatic amines is 1. The third-order valence-corrected chi connectivity index (χ3v) is 5.91. The predicted octanol–water partition coefficient (Wildman–Crippen LogP) is 2.41. The summed E-state index contributed by atoms with van der Waals surface area (Å²) >= 11 is 0. The van der Waals surface area contributed by atoms with E-state index in [1.807, 2.05) is 30.3 Å². The number of amides is 2. The second-order valence-electron chi connectivity index (χ2n) is 8.14. The molecule has 0 saturated carbocycles. The number of pyridine rings is 1. The van der Waals surface area contributed by atoms with Gasteiger partial charge in [-0.15, -0.1) is 0 Å². The molecule has 172 valence electrons. The third kappa shape index (κ3) is 3.83. The van der Waals surface area contributed by atoms with Crippen LogP contribution < -0.4 is 15.3 Å². The summed E-state index contributed by atoms with van der Waals surface area (Å²) in [6.45, 7) is 1.23. The largest absolute Gasteiger partial charge is 0.347 e. The van der Waals surface area contributed by atoms with Gasteiger partial charge < -0.3 is 4.98 Å². The summed E-state index contributed by atoms with van der Waals surface area (Å²) in [5, 5.41) is 10.2. The van der Waals surface area contributed by atoms with Gasteiger partial charge >= 0.3 is 0 Å². The summed E-state index contributed by atoms with van der Waals surface area (Å²) in [7, 11) is 0. The lowest BCUT2D eigenvalue weighted by atomic mass is 10.1. The second kappa shape index (κ2) is 8.54. The van der Waals surface area contributed by atoms with Crippen LogP contribution in [0.4, 0.5) is 10.2 Å². The lowest BCUT2D eigenvalue weighted by molar-refractivity contribution is -0.126. The molecule has 1 aliphatic rings. The van der Waals surface area contributed by atoms with Crippen LogP contribution >= 0.6 is 0 Å². The molecular formula is C24H21FN6O3. The molecule has 9 nitrogen and oxygen atoms in total. The molecule has 2 atom stereocenters. The Bertz CT molecular complexity index is 1430. The summed E-state index contributed by atoms with van der Waals surface area (Å²) in [6, 6.07) is 11.1. The van der Waals surface area contributed by atoms with Gasteiger partial charge in [0.2, 0.25) is 5.91 Å². The fourth-order valence-corrected chi connectivity index (χ4v) is 4.38. The van der Waals surface area contributed by atoms with Crippen molar-refractivity contribution in [1.82, 2.24) is 19.9 Å². The van der Waals surface area contributed by atoms with Gasteiger partial charge in [-0.3, -0.25) is 24.1 Å². The van der Waals surface area contributed by atoms with Gasteiger partial charge in [-0.2, -0.15) is 10.2 Å². The van der Waals surface area contributed by atoms with E-state index < -0.39 is 24.0 Å². The number of rotatable bonds is 4. The van der Waals surface area contributed by atoms with Gasteiger partial charge in [-0.1, -0.05) is 6.07 Å². The average molecular weight is 460 g/mol. The van der Waals surface area contributed by atoms with Crippen LogP contribution in [0.5, 0.6) is 0 Å². The molecular weight excluding hydrogens is 439 g/mol. The number of alkyl halides is 1. The van der Waals surface area contributed by atoms with Crippen LogP contribution in [0.15, 0.2) is 72.0 Å². The van der Waals surface area contributed by atoms with Gasteiger partial charge in [0.15, 0.2) is 5.43 Å². The van der Waals surface area contributed by atoms with E-state index in [1.54, 1.807) is 28.3 Å². The van der Waals surface area contributed by atoms with Gasteiger partial charge in [0.05, 0.1) is 24.5 Å². The van der Waals surface area contributed by atoms with Gasteiger partial charge in [0.25, 0.3) is 5.91 Å². The number of carbonyl (C=O) groups is 2. The zero-order valence-corrected chi connectivity index (χ0v) is 18.3. The summed E-state index contributed by atoms with van der Waals surface area (Å²) < 4.78 is 16.4. The van der Waals surface area contributed by atoms with Crippen LogP contribution in [-0.2, 0) is 9.59 Å². The minimum atomic E-state index is -1.25. The maximum absolute atomic E-state index is 14.6. The van der Waals surface area contributed by atoms with E-state index in [0.29, 0.717) is 0 Å². The van der Waals surface area contributed by atoms with Crippen LogP contribution in [0.3, 0.4) is 0 Å². The fraction of sp³-hybridized carbons (Fsp3) is 0.208. The molecule has 0 bridgehead atoms. The first-order valence-electron chi connectivity index (χ1n) is 10.7. The fourth-order valence-electron chi connectivity index (χ4n) is 4.38. The lowest BCUT2D eigenvalue weighted by Gasteiger charge is -2.30. The van der Waals surface area contributed by atoms with Crippen molar-refractivity contribution in [1.29, 1.82) is 0 Å². The summed E-state index contributed by atoms with van der Waals surface area (Å²) in [6.07, 6.45) is 5.11. The predicted molar refractivity (Wildman–Crippen MR) is 125 cm³/mol. The Morgan fingerprint density at radius 1 is 1.12 bits per heavy atom. The Balaban J connectivity index is 1.51. The molecule has 34 heavy (non-hydrogen) atoms. The molecule has 1 N–H and O–H groups in total. The highest BCUT2D eigenvalue weighted by Gasteiger charge is 2.41. The van der Waals surface area contributed by atoms with Crippen molar-refractivity contribution < 1.29 is 14.0 Å².